The minimum Gasteiger partial charge on any atom is -0.321 e. The number of hydrogen-bond acceptors (Lipinski definition) is 4. The molecule has 1 saturated carbocycles. The highest BCUT2D eigenvalue weighted by Gasteiger charge is 2.34. The van der Waals surface area contributed by atoms with E-state index in [4.69, 9.17) is 15.8 Å². The maximum atomic E-state index is 12.1. The van der Waals surface area contributed by atoms with E-state index in [-0.39, 0.29) is 11.1 Å². The van der Waals surface area contributed by atoms with Gasteiger partial charge < -0.3 is 10.7 Å². The summed E-state index contributed by atoms with van der Waals surface area (Å²) in [4.78, 5) is 19.8. The number of benzene rings is 2. The number of aromatic amines is 1. The van der Waals surface area contributed by atoms with Crippen molar-refractivity contribution in [2.24, 2.45) is 5.73 Å². The van der Waals surface area contributed by atoms with E-state index in [2.05, 4.69) is 47.4 Å². The molecule has 7 heteroatoms. The molecule has 3 N–H and O–H groups in total. The fourth-order valence-corrected chi connectivity index (χ4v) is 5.22. The first-order valence-corrected chi connectivity index (χ1v) is 12.5. The van der Waals surface area contributed by atoms with Crippen molar-refractivity contribution in [3.05, 3.63) is 113 Å². The van der Waals surface area contributed by atoms with Crippen LogP contribution < -0.4 is 15.7 Å². The lowest BCUT2D eigenvalue weighted by molar-refractivity contribution is -0.498. The van der Waals surface area contributed by atoms with Gasteiger partial charge in [-0.15, -0.1) is 0 Å². The minimum atomic E-state index is -0.227. The summed E-state index contributed by atoms with van der Waals surface area (Å²) in [7, 11) is 0. The van der Waals surface area contributed by atoms with Gasteiger partial charge in [-0.25, -0.2) is 0 Å². The fraction of sp³-hybridized carbons (Fsp3) is 0.133. The second-order valence-electron chi connectivity index (χ2n) is 9.75. The SMILES string of the molecule is NC1(c2ccc(-n3nc(-c4cccc(=O)[nH]4)[n+]4ccc5ncc(-c6ccccc6)cc5c34)cc2)CCC1. The zero-order valence-electron chi connectivity index (χ0n) is 20.1. The van der Waals surface area contributed by atoms with E-state index < -0.39 is 0 Å². The monoisotopic (exact) mass is 485 g/mol. The van der Waals surface area contributed by atoms with Crippen molar-refractivity contribution in [1.29, 1.82) is 0 Å². The van der Waals surface area contributed by atoms with Crippen LogP contribution in [0.25, 0.3) is 44.9 Å². The van der Waals surface area contributed by atoms with Gasteiger partial charge in [-0.1, -0.05) is 53.2 Å². The molecule has 37 heavy (non-hydrogen) atoms. The third-order valence-electron chi connectivity index (χ3n) is 7.44. The van der Waals surface area contributed by atoms with Crippen LogP contribution in [0.5, 0.6) is 0 Å². The molecule has 0 bridgehead atoms. The van der Waals surface area contributed by atoms with Crippen LogP contribution in [-0.2, 0) is 5.54 Å². The van der Waals surface area contributed by atoms with Crippen LogP contribution in [0, 0.1) is 0 Å². The molecule has 7 nitrogen and oxygen atoms in total. The van der Waals surface area contributed by atoms with Crippen molar-refractivity contribution in [3.63, 3.8) is 0 Å². The normalized spacial score (nSPS) is 14.6. The first-order chi connectivity index (χ1) is 18.1. The lowest BCUT2D eigenvalue weighted by Gasteiger charge is -2.38. The van der Waals surface area contributed by atoms with Gasteiger partial charge in [-0.2, -0.15) is 4.40 Å². The highest BCUT2D eigenvalue weighted by atomic mass is 16.1. The molecule has 0 aliphatic heterocycles. The first kappa shape index (κ1) is 21.6. The lowest BCUT2D eigenvalue weighted by atomic mass is 9.73. The Morgan fingerprint density at radius 1 is 0.919 bits per heavy atom. The molecule has 0 radical (unpaired) electrons. The number of fused-ring (bicyclic) bond motifs is 3. The Bertz CT molecular complexity index is 1830. The quantitative estimate of drug-likeness (QED) is 0.359. The molecule has 1 fully saturated rings. The molecule has 7 rings (SSSR count). The summed E-state index contributed by atoms with van der Waals surface area (Å²) in [6.07, 6.45) is 7.04. The Kier molecular flexibility index (Phi) is 4.81. The van der Waals surface area contributed by atoms with Crippen molar-refractivity contribution in [2.45, 2.75) is 24.8 Å². The number of H-pyrrole nitrogens is 1. The molecule has 0 amide bonds. The number of rotatable bonds is 4. The van der Waals surface area contributed by atoms with Gasteiger partial charge in [-0.3, -0.25) is 9.78 Å². The number of hydrogen-bond donors (Lipinski definition) is 2. The predicted octanol–water partition coefficient (Wildman–Crippen LogP) is 4.52. The standard InChI is InChI=1S/C30H24N6O/c31-30(15-5-16-30)22-10-12-23(13-11-22)36-29-24-18-21(20-6-2-1-3-7-20)19-32-25(24)14-17-35(29)28(34-36)26-8-4-9-27(37)33-26/h1-4,6-14,17-19H,5,15-16,31H2/p+1. The Labute approximate surface area is 212 Å². The van der Waals surface area contributed by atoms with Crippen LogP contribution >= 0.6 is 0 Å². The Hall–Kier alpha value is -4.62. The molecule has 6 aromatic rings. The zero-order chi connectivity index (χ0) is 25.0. The Balaban J connectivity index is 1.49. The van der Waals surface area contributed by atoms with E-state index in [1.165, 1.54) is 12.5 Å². The van der Waals surface area contributed by atoms with Crippen molar-refractivity contribution < 1.29 is 4.40 Å². The number of pyridine rings is 3. The number of nitrogens with two attached hydrogens (primary N) is 1. The second-order valence-corrected chi connectivity index (χ2v) is 9.75. The van der Waals surface area contributed by atoms with E-state index >= 15 is 0 Å². The van der Waals surface area contributed by atoms with Gasteiger partial charge >= 0.3 is 5.82 Å². The van der Waals surface area contributed by atoms with Crippen molar-refractivity contribution in [2.75, 3.05) is 0 Å². The molecular formula is C30H25N6O+. The average Bonchev–Trinajstić information content (AvgIpc) is 3.32. The zero-order valence-corrected chi connectivity index (χ0v) is 20.1. The summed E-state index contributed by atoms with van der Waals surface area (Å²) in [6.45, 7) is 0. The summed E-state index contributed by atoms with van der Waals surface area (Å²) in [5.74, 6) is 0.637. The molecular weight excluding hydrogens is 460 g/mol. The maximum absolute atomic E-state index is 12.1. The summed E-state index contributed by atoms with van der Waals surface area (Å²) in [5.41, 5.74) is 12.7. The van der Waals surface area contributed by atoms with Crippen LogP contribution in [0.3, 0.4) is 0 Å². The molecule has 0 unspecified atom stereocenters. The maximum Gasteiger partial charge on any atom is 0.330 e. The molecule has 0 atom stereocenters. The number of aromatic nitrogens is 5. The van der Waals surface area contributed by atoms with Crippen molar-refractivity contribution in [3.8, 4) is 28.3 Å². The predicted molar refractivity (Wildman–Crippen MR) is 143 cm³/mol. The molecule has 2 aromatic carbocycles. The van der Waals surface area contributed by atoms with Gasteiger partial charge in [0.25, 0.3) is 5.65 Å². The lowest BCUT2D eigenvalue weighted by Crippen LogP contribution is -2.43. The third kappa shape index (κ3) is 3.55. The largest absolute Gasteiger partial charge is 0.330 e. The molecule has 0 spiro atoms. The van der Waals surface area contributed by atoms with E-state index in [1.54, 1.807) is 6.07 Å². The Morgan fingerprint density at radius 3 is 2.46 bits per heavy atom. The highest BCUT2D eigenvalue weighted by molar-refractivity contribution is 5.93. The smallest absolute Gasteiger partial charge is 0.321 e. The second kappa shape index (κ2) is 8.21. The summed E-state index contributed by atoms with van der Waals surface area (Å²) < 4.78 is 3.93. The van der Waals surface area contributed by atoms with Gasteiger partial charge in [0.2, 0.25) is 5.56 Å². The van der Waals surface area contributed by atoms with E-state index in [1.807, 2.05) is 51.8 Å². The number of nitrogens with zero attached hydrogens (tertiary/aromatic N) is 4. The van der Waals surface area contributed by atoms with Gasteiger partial charge in [0, 0.05) is 23.4 Å². The fourth-order valence-electron chi connectivity index (χ4n) is 5.22. The van der Waals surface area contributed by atoms with Gasteiger partial charge in [-0.05, 0) is 60.7 Å². The highest BCUT2D eigenvalue weighted by Crippen LogP contribution is 2.39. The van der Waals surface area contributed by atoms with Crippen LogP contribution in [0.1, 0.15) is 24.8 Å². The summed E-state index contributed by atoms with van der Waals surface area (Å²) in [6, 6.07) is 27.8. The topological polar surface area (TPSA) is 93.7 Å². The van der Waals surface area contributed by atoms with E-state index in [0.717, 1.165) is 51.8 Å². The molecule has 0 saturated heterocycles. The number of nitrogens with one attached hydrogen (secondary N) is 1. The summed E-state index contributed by atoms with van der Waals surface area (Å²) >= 11 is 0. The van der Waals surface area contributed by atoms with Crippen molar-refractivity contribution in [1.82, 2.24) is 19.7 Å². The van der Waals surface area contributed by atoms with Crippen LogP contribution in [-0.4, -0.2) is 19.7 Å². The first-order valence-electron chi connectivity index (χ1n) is 12.5. The van der Waals surface area contributed by atoms with Crippen LogP contribution in [0.2, 0.25) is 0 Å². The van der Waals surface area contributed by atoms with Gasteiger partial charge in [0.15, 0.2) is 0 Å². The molecule has 4 heterocycles. The third-order valence-corrected chi connectivity index (χ3v) is 7.44. The van der Waals surface area contributed by atoms with Crippen LogP contribution in [0.4, 0.5) is 0 Å². The molecule has 4 aromatic heterocycles. The molecule has 1 aliphatic carbocycles. The van der Waals surface area contributed by atoms with Crippen molar-refractivity contribution >= 4 is 16.6 Å². The Morgan fingerprint density at radius 2 is 1.73 bits per heavy atom. The summed E-state index contributed by atoms with van der Waals surface area (Å²) in [5, 5.41) is 5.96. The molecule has 180 valence electrons. The van der Waals surface area contributed by atoms with Gasteiger partial charge in [0.05, 0.1) is 22.2 Å². The van der Waals surface area contributed by atoms with Crippen LogP contribution in [0.15, 0.2) is 102 Å². The van der Waals surface area contributed by atoms with E-state index in [9.17, 15) is 4.79 Å². The average molecular weight is 486 g/mol. The van der Waals surface area contributed by atoms with E-state index in [0.29, 0.717) is 11.5 Å². The minimum absolute atomic E-state index is 0.173. The molecule has 1 aliphatic rings. The van der Waals surface area contributed by atoms with Gasteiger partial charge in [0.1, 0.15) is 11.4 Å².